The molecular formula is C17H17FN2O3. The average Bonchev–Trinajstić information content (AvgIpc) is 2.53. The molecule has 0 atom stereocenters. The van der Waals surface area contributed by atoms with E-state index in [0.717, 1.165) is 5.56 Å². The van der Waals surface area contributed by atoms with Crippen LogP contribution >= 0.6 is 0 Å². The van der Waals surface area contributed by atoms with Gasteiger partial charge in [0.1, 0.15) is 0 Å². The van der Waals surface area contributed by atoms with Crippen LogP contribution in [0.4, 0.5) is 10.1 Å². The molecule has 0 saturated carbocycles. The lowest BCUT2D eigenvalue weighted by atomic mass is 10.2. The lowest BCUT2D eigenvalue weighted by Crippen LogP contribution is -2.28. The Balaban J connectivity index is 1.78. The molecular weight excluding hydrogens is 299 g/mol. The molecule has 0 saturated heterocycles. The predicted octanol–water partition coefficient (Wildman–Crippen LogP) is 2.48. The van der Waals surface area contributed by atoms with E-state index >= 15 is 0 Å². The highest BCUT2D eigenvalue weighted by atomic mass is 19.1. The normalized spacial score (nSPS) is 10.0. The molecule has 2 rings (SSSR count). The third-order valence-electron chi connectivity index (χ3n) is 2.96. The maximum atomic E-state index is 13.3. The summed E-state index contributed by atoms with van der Waals surface area (Å²) >= 11 is 0. The molecule has 0 aliphatic heterocycles. The van der Waals surface area contributed by atoms with E-state index in [1.54, 1.807) is 36.4 Å². The molecule has 2 aromatic rings. The Morgan fingerprint density at radius 2 is 1.78 bits per heavy atom. The number of halogens is 1. The van der Waals surface area contributed by atoms with E-state index in [-0.39, 0.29) is 24.2 Å². The van der Waals surface area contributed by atoms with Crippen LogP contribution in [-0.2, 0) is 16.1 Å². The highest BCUT2D eigenvalue weighted by molar-refractivity contribution is 5.88. The topological polar surface area (TPSA) is 67.4 Å². The van der Waals surface area contributed by atoms with Crippen molar-refractivity contribution in [2.75, 3.05) is 11.9 Å². The van der Waals surface area contributed by atoms with Crippen molar-refractivity contribution in [3.63, 3.8) is 0 Å². The van der Waals surface area contributed by atoms with Gasteiger partial charge in [-0.3, -0.25) is 9.59 Å². The smallest absolute Gasteiger partial charge is 0.258 e. The molecule has 120 valence electrons. The van der Waals surface area contributed by atoms with Gasteiger partial charge < -0.3 is 15.4 Å². The number of carbonyl (C=O) groups is 2. The summed E-state index contributed by atoms with van der Waals surface area (Å²) in [6, 6.07) is 13.0. The zero-order valence-electron chi connectivity index (χ0n) is 12.6. The highest BCUT2D eigenvalue weighted by Gasteiger charge is 2.06. The summed E-state index contributed by atoms with van der Waals surface area (Å²) in [5.41, 5.74) is 1.56. The van der Waals surface area contributed by atoms with Crippen LogP contribution in [-0.4, -0.2) is 18.4 Å². The van der Waals surface area contributed by atoms with E-state index < -0.39 is 5.82 Å². The van der Waals surface area contributed by atoms with Crippen molar-refractivity contribution in [1.29, 1.82) is 0 Å². The molecule has 0 aliphatic rings. The van der Waals surface area contributed by atoms with Crippen LogP contribution in [0, 0.1) is 5.82 Å². The standard InChI is InChI=1S/C17H17FN2O3/c1-12(21)20-14-8-6-13(7-9-14)10-19-17(22)11-23-16-5-3-2-4-15(16)18/h2-9H,10-11H2,1H3,(H,19,22)(H,20,21). The average molecular weight is 316 g/mol. The largest absolute Gasteiger partial charge is 0.481 e. The summed E-state index contributed by atoms with van der Waals surface area (Å²) in [7, 11) is 0. The van der Waals surface area contributed by atoms with Crippen LogP contribution in [0.1, 0.15) is 12.5 Å². The second-order valence-corrected chi connectivity index (χ2v) is 4.87. The summed E-state index contributed by atoms with van der Waals surface area (Å²) in [6.45, 7) is 1.49. The fourth-order valence-corrected chi connectivity index (χ4v) is 1.87. The second kappa shape index (κ2) is 7.93. The number of para-hydroxylation sites is 1. The van der Waals surface area contributed by atoms with Crippen molar-refractivity contribution in [3.8, 4) is 5.75 Å². The van der Waals surface area contributed by atoms with Gasteiger partial charge in [0.2, 0.25) is 5.91 Å². The molecule has 0 fully saturated rings. The Hall–Kier alpha value is -2.89. The maximum absolute atomic E-state index is 13.3. The number of carbonyl (C=O) groups excluding carboxylic acids is 2. The van der Waals surface area contributed by atoms with E-state index in [9.17, 15) is 14.0 Å². The van der Waals surface area contributed by atoms with Gasteiger partial charge in [-0.25, -0.2) is 4.39 Å². The van der Waals surface area contributed by atoms with Gasteiger partial charge in [0.15, 0.2) is 18.2 Å². The SMILES string of the molecule is CC(=O)Nc1ccc(CNC(=O)COc2ccccc2F)cc1. The van der Waals surface area contributed by atoms with Gasteiger partial charge in [0.05, 0.1) is 0 Å². The lowest BCUT2D eigenvalue weighted by molar-refractivity contribution is -0.123. The second-order valence-electron chi connectivity index (χ2n) is 4.87. The fourth-order valence-electron chi connectivity index (χ4n) is 1.87. The van der Waals surface area contributed by atoms with Crippen molar-refractivity contribution >= 4 is 17.5 Å². The predicted molar refractivity (Wildman–Crippen MR) is 84.5 cm³/mol. The first kappa shape index (κ1) is 16.5. The summed E-state index contributed by atoms with van der Waals surface area (Å²) in [5.74, 6) is -0.952. The molecule has 0 radical (unpaired) electrons. The van der Waals surface area contributed by atoms with Gasteiger partial charge in [0, 0.05) is 19.2 Å². The molecule has 0 aromatic heterocycles. The minimum Gasteiger partial charge on any atom is -0.481 e. The van der Waals surface area contributed by atoms with Crippen LogP contribution in [0.2, 0.25) is 0 Å². The molecule has 2 N–H and O–H groups in total. The molecule has 2 amide bonds. The molecule has 0 spiro atoms. The molecule has 23 heavy (non-hydrogen) atoms. The number of anilines is 1. The van der Waals surface area contributed by atoms with Gasteiger partial charge in [-0.1, -0.05) is 24.3 Å². The minimum atomic E-state index is -0.506. The van der Waals surface area contributed by atoms with Gasteiger partial charge in [-0.05, 0) is 29.8 Å². The number of nitrogens with one attached hydrogen (secondary N) is 2. The highest BCUT2D eigenvalue weighted by Crippen LogP contribution is 2.15. The molecule has 0 unspecified atom stereocenters. The number of hydrogen-bond donors (Lipinski definition) is 2. The van der Waals surface area contributed by atoms with E-state index in [2.05, 4.69) is 10.6 Å². The van der Waals surface area contributed by atoms with E-state index in [4.69, 9.17) is 4.74 Å². The Morgan fingerprint density at radius 1 is 1.09 bits per heavy atom. The molecule has 0 aliphatic carbocycles. The first-order valence-electron chi connectivity index (χ1n) is 7.05. The van der Waals surface area contributed by atoms with Crippen molar-refractivity contribution < 1.29 is 18.7 Å². The van der Waals surface area contributed by atoms with Gasteiger partial charge >= 0.3 is 0 Å². The monoisotopic (exact) mass is 316 g/mol. The maximum Gasteiger partial charge on any atom is 0.258 e. The van der Waals surface area contributed by atoms with E-state index in [1.807, 2.05) is 0 Å². The number of rotatable bonds is 6. The van der Waals surface area contributed by atoms with E-state index in [0.29, 0.717) is 12.2 Å². The third kappa shape index (κ3) is 5.43. The first-order chi connectivity index (χ1) is 11.0. The summed E-state index contributed by atoms with van der Waals surface area (Å²) < 4.78 is 18.4. The Morgan fingerprint density at radius 3 is 2.43 bits per heavy atom. The first-order valence-corrected chi connectivity index (χ1v) is 7.05. The van der Waals surface area contributed by atoms with Crippen molar-refractivity contribution in [2.45, 2.75) is 13.5 Å². The van der Waals surface area contributed by atoms with E-state index in [1.165, 1.54) is 19.1 Å². The number of benzene rings is 2. The van der Waals surface area contributed by atoms with Crippen LogP contribution in [0.15, 0.2) is 48.5 Å². The fraction of sp³-hybridized carbons (Fsp3) is 0.176. The van der Waals surface area contributed by atoms with Gasteiger partial charge in [-0.15, -0.1) is 0 Å². The van der Waals surface area contributed by atoms with Crippen LogP contribution in [0.3, 0.4) is 0 Å². The quantitative estimate of drug-likeness (QED) is 0.860. The molecule has 0 heterocycles. The summed E-state index contributed by atoms with van der Waals surface area (Å²) in [4.78, 5) is 22.6. The lowest BCUT2D eigenvalue weighted by Gasteiger charge is -2.09. The third-order valence-corrected chi connectivity index (χ3v) is 2.96. The summed E-state index contributed by atoms with van der Waals surface area (Å²) in [5, 5.41) is 5.33. The molecule has 5 nitrogen and oxygen atoms in total. The number of hydrogen-bond acceptors (Lipinski definition) is 3. The van der Waals surface area contributed by atoms with Crippen molar-refractivity contribution in [3.05, 3.63) is 59.9 Å². The summed E-state index contributed by atoms with van der Waals surface area (Å²) in [6.07, 6.45) is 0. The zero-order valence-corrected chi connectivity index (χ0v) is 12.6. The molecule has 2 aromatic carbocycles. The van der Waals surface area contributed by atoms with Crippen LogP contribution in [0.5, 0.6) is 5.75 Å². The van der Waals surface area contributed by atoms with Crippen LogP contribution in [0.25, 0.3) is 0 Å². The zero-order chi connectivity index (χ0) is 16.7. The van der Waals surface area contributed by atoms with Crippen molar-refractivity contribution in [1.82, 2.24) is 5.32 Å². The van der Waals surface area contributed by atoms with Gasteiger partial charge in [-0.2, -0.15) is 0 Å². The molecule has 0 bridgehead atoms. The number of amides is 2. The minimum absolute atomic E-state index is 0.0438. The molecule has 6 heteroatoms. The Labute approximate surface area is 133 Å². The van der Waals surface area contributed by atoms with Crippen LogP contribution < -0.4 is 15.4 Å². The van der Waals surface area contributed by atoms with Crippen molar-refractivity contribution in [2.24, 2.45) is 0 Å². The van der Waals surface area contributed by atoms with Gasteiger partial charge in [0.25, 0.3) is 5.91 Å². The Bertz CT molecular complexity index is 686. The number of ether oxygens (including phenoxy) is 1. The Kier molecular flexibility index (Phi) is 5.68.